The van der Waals surface area contributed by atoms with E-state index in [-0.39, 0.29) is 5.91 Å². The van der Waals surface area contributed by atoms with Crippen molar-refractivity contribution in [2.75, 3.05) is 19.8 Å². The van der Waals surface area contributed by atoms with Crippen LogP contribution in [-0.2, 0) is 20.8 Å². The molecule has 5 nitrogen and oxygen atoms in total. The second-order valence-electron chi connectivity index (χ2n) is 5.13. The van der Waals surface area contributed by atoms with E-state index < -0.39 is 6.10 Å². The van der Waals surface area contributed by atoms with Gasteiger partial charge in [0.2, 0.25) is 0 Å². The minimum Gasteiger partial charge on any atom is -0.376 e. The third kappa shape index (κ3) is 3.96. The number of ether oxygens (including phenoxy) is 2. The summed E-state index contributed by atoms with van der Waals surface area (Å²) in [5, 5.41) is 11.8. The summed E-state index contributed by atoms with van der Waals surface area (Å²) in [5.41, 5.74) is 2.04. The largest absolute Gasteiger partial charge is 0.376 e. The van der Waals surface area contributed by atoms with E-state index in [1.165, 1.54) is 11.3 Å². The highest BCUT2D eigenvalue weighted by atomic mass is 32.1. The molecular weight excluding hydrogens is 312 g/mol. The summed E-state index contributed by atoms with van der Waals surface area (Å²) < 4.78 is 10.6. The zero-order chi connectivity index (χ0) is 16.1. The van der Waals surface area contributed by atoms with E-state index in [1.54, 1.807) is 0 Å². The molecule has 1 atom stereocenters. The van der Waals surface area contributed by atoms with Crippen LogP contribution < -0.4 is 5.32 Å². The Balaban J connectivity index is 1.63. The van der Waals surface area contributed by atoms with Crippen LogP contribution in [0.1, 0.15) is 10.4 Å². The summed E-state index contributed by atoms with van der Waals surface area (Å²) in [5.74, 6) is -0.155. The molecule has 6 heteroatoms. The molecule has 23 heavy (non-hydrogen) atoms. The number of carbonyl (C=O) groups excluding carboxylic acids is 1. The Morgan fingerprint density at radius 1 is 1.35 bits per heavy atom. The molecule has 1 aliphatic rings. The smallest absolute Gasteiger partial charge is 0.251 e. The molecule has 3 rings (SSSR count). The molecule has 0 radical (unpaired) electrons. The molecule has 1 saturated heterocycles. The average Bonchev–Trinajstić information content (AvgIpc) is 3.10. The molecule has 2 heterocycles. The van der Waals surface area contributed by atoms with Crippen LogP contribution in [0.15, 0.2) is 36.4 Å². The molecule has 0 spiro atoms. The Hall–Kier alpha value is -2.20. The molecule has 1 aromatic heterocycles. The molecule has 0 saturated carbocycles. The minimum absolute atomic E-state index is 0.155. The van der Waals surface area contributed by atoms with E-state index in [0.717, 1.165) is 16.0 Å². The van der Waals surface area contributed by atoms with Gasteiger partial charge >= 0.3 is 0 Å². The quantitative estimate of drug-likeness (QED) is 0.935. The van der Waals surface area contributed by atoms with Crippen LogP contribution >= 0.6 is 11.3 Å². The lowest BCUT2D eigenvalue weighted by Gasteiger charge is -2.22. The Bertz CT molecular complexity index is 729. The van der Waals surface area contributed by atoms with Gasteiger partial charge in [0.05, 0.1) is 19.8 Å². The highest BCUT2D eigenvalue weighted by Crippen LogP contribution is 2.28. The van der Waals surface area contributed by atoms with Crippen molar-refractivity contribution < 1.29 is 14.3 Å². The third-order valence-corrected chi connectivity index (χ3v) is 4.54. The van der Waals surface area contributed by atoms with Crippen LogP contribution in [0, 0.1) is 11.3 Å². The van der Waals surface area contributed by atoms with Gasteiger partial charge in [-0.3, -0.25) is 4.79 Å². The Labute approximate surface area is 138 Å². The molecule has 118 valence electrons. The normalized spacial score (nSPS) is 17.4. The van der Waals surface area contributed by atoms with Crippen LogP contribution in [-0.4, -0.2) is 31.8 Å². The number of hydrogen-bond acceptors (Lipinski definition) is 5. The highest BCUT2D eigenvalue weighted by Gasteiger charge is 2.22. The van der Waals surface area contributed by atoms with E-state index >= 15 is 0 Å². The number of amides is 1. The summed E-state index contributed by atoms with van der Waals surface area (Å²) in [6, 6.07) is 13.8. The monoisotopic (exact) mass is 328 g/mol. The van der Waals surface area contributed by atoms with Gasteiger partial charge in [-0.2, -0.15) is 5.26 Å². The second kappa shape index (κ2) is 7.38. The fourth-order valence-corrected chi connectivity index (χ4v) is 3.13. The first kappa shape index (κ1) is 15.7. The van der Waals surface area contributed by atoms with Gasteiger partial charge in [0.15, 0.2) is 6.10 Å². The molecular formula is C17H16N2O3S. The third-order valence-electron chi connectivity index (χ3n) is 3.50. The van der Waals surface area contributed by atoms with Gasteiger partial charge in [-0.05, 0) is 29.3 Å². The van der Waals surface area contributed by atoms with E-state index in [9.17, 15) is 4.79 Å². The minimum atomic E-state index is -0.526. The summed E-state index contributed by atoms with van der Waals surface area (Å²) in [7, 11) is 0. The standard InChI is InChI=1S/C17H16N2O3S/c18-9-14-4-5-16(23-14)13-3-1-2-12(8-13)10-19-17(20)15-11-21-6-7-22-15/h1-5,8,15H,6-7,10-11H2,(H,19,20). The Morgan fingerprint density at radius 2 is 2.26 bits per heavy atom. The number of thiophene rings is 1. The van der Waals surface area contributed by atoms with Crippen LogP contribution in [0.5, 0.6) is 0 Å². The average molecular weight is 328 g/mol. The number of hydrogen-bond donors (Lipinski definition) is 1. The van der Waals surface area contributed by atoms with Crippen LogP contribution in [0.3, 0.4) is 0 Å². The van der Waals surface area contributed by atoms with Crippen LogP contribution in [0.4, 0.5) is 0 Å². The van der Waals surface area contributed by atoms with Gasteiger partial charge in [-0.15, -0.1) is 11.3 Å². The molecule has 0 bridgehead atoms. The molecule has 1 amide bonds. The molecule has 1 N–H and O–H groups in total. The number of nitriles is 1. The number of rotatable bonds is 4. The first-order valence-electron chi connectivity index (χ1n) is 7.32. The van der Waals surface area contributed by atoms with Crippen molar-refractivity contribution in [2.45, 2.75) is 12.6 Å². The van der Waals surface area contributed by atoms with Crippen molar-refractivity contribution in [2.24, 2.45) is 0 Å². The van der Waals surface area contributed by atoms with Crippen molar-refractivity contribution in [1.29, 1.82) is 5.26 Å². The van der Waals surface area contributed by atoms with Crippen molar-refractivity contribution in [1.82, 2.24) is 5.32 Å². The molecule has 0 aliphatic carbocycles. The lowest BCUT2D eigenvalue weighted by Crippen LogP contribution is -2.42. The zero-order valence-corrected chi connectivity index (χ0v) is 13.3. The number of nitrogens with one attached hydrogen (secondary N) is 1. The summed E-state index contributed by atoms with van der Waals surface area (Å²) in [4.78, 5) is 13.7. The topological polar surface area (TPSA) is 71.4 Å². The van der Waals surface area contributed by atoms with Crippen molar-refractivity contribution in [3.8, 4) is 16.5 Å². The van der Waals surface area contributed by atoms with Gasteiger partial charge < -0.3 is 14.8 Å². The second-order valence-corrected chi connectivity index (χ2v) is 6.21. The van der Waals surface area contributed by atoms with Crippen molar-refractivity contribution >= 4 is 17.2 Å². The maximum atomic E-state index is 12.0. The lowest BCUT2D eigenvalue weighted by atomic mass is 10.1. The van der Waals surface area contributed by atoms with E-state index in [4.69, 9.17) is 14.7 Å². The highest BCUT2D eigenvalue weighted by molar-refractivity contribution is 7.16. The molecule has 1 unspecified atom stereocenters. The zero-order valence-electron chi connectivity index (χ0n) is 12.5. The van der Waals surface area contributed by atoms with Crippen molar-refractivity contribution in [3.05, 3.63) is 46.8 Å². The van der Waals surface area contributed by atoms with Gasteiger partial charge in [0, 0.05) is 11.4 Å². The first-order chi connectivity index (χ1) is 11.3. The summed E-state index contributed by atoms with van der Waals surface area (Å²) in [6.45, 7) is 1.73. The predicted molar refractivity (Wildman–Crippen MR) is 86.9 cm³/mol. The Kier molecular flexibility index (Phi) is 5.03. The maximum Gasteiger partial charge on any atom is 0.251 e. The van der Waals surface area contributed by atoms with E-state index in [2.05, 4.69) is 11.4 Å². The number of benzene rings is 1. The van der Waals surface area contributed by atoms with Gasteiger partial charge in [0.25, 0.3) is 5.91 Å². The Morgan fingerprint density at radius 3 is 3.00 bits per heavy atom. The molecule has 1 fully saturated rings. The maximum absolute atomic E-state index is 12.0. The van der Waals surface area contributed by atoms with Gasteiger partial charge in [0.1, 0.15) is 10.9 Å². The molecule has 1 aromatic carbocycles. The molecule has 2 aromatic rings. The fraction of sp³-hybridized carbons (Fsp3) is 0.294. The van der Waals surface area contributed by atoms with Gasteiger partial charge in [-0.25, -0.2) is 0 Å². The van der Waals surface area contributed by atoms with Crippen LogP contribution in [0.2, 0.25) is 0 Å². The molecule has 1 aliphatic heterocycles. The number of nitrogens with zero attached hydrogens (tertiary/aromatic N) is 1. The summed E-state index contributed by atoms with van der Waals surface area (Å²) in [6.07, 6.45) is -0.526. The fourth-order valence-electron chi connectivity index (χ4n) is 2.33. The predicted octanol–water partition coefficient (Wildman–Crippen LogP) is 2.32. The SMILES string of the molecule is N#Cc1ccc(-c2cccc(CNC(=O)C3COCCO3)c2)s1. The first-order valence-corrected chi connectivity index (χ1v) is 8.14. The van der Waals surface area contributed by atoms with E-state index in [0.29, 0.717) is 31.2 Å². The van der Waals surface area contributed by atoms with E-state index in [1.807, 2.05) is 36.4 Å². The van der Waals surface area contributed by atoms with Crippen LogP contribution in [0.25, 0.3) is 10.4 Å². The number of carbonyl (C=O) groups is 1. The summed E-state index contributed by atoms with van der Waals surface area (Å²) >= 11 is 1.46. The van der Waals surface area contributed by atoms with Crippen molar-refractivity contribution in [3.63, 3.8) is 0 Å². The van der Waals surface area contributed by atoms with Gasteiger partial charge in [-0.1, -0.05) is 18.2 Å². The lowest BCUT2D eigenvalue weighted by molar-refractivity contribution is -0.147.